The summed E-state index contributed by atoms with van der Waals surface area (Å²) in [5.41, 5.74) is 1.95. The van der Waals surface area contributed by atoms with Gasteiger partial charge in [0.15, 0.2) is 0 Å². The molecule has 20 heavy (non-hydrogen) atoms. The summed E-state index contributed by atoms with van der Waals surface area (Å²) in [4.78, 5) is 11.6. The Morgan fingerprint density at radius 3 is 2.45 bits per heavy atom. The number of carbonyl (C=O) groups excluding carboxylic acids is 1. The molecular formula is C16H15FO2S. The van der Waals surface area contributed by atoms with Crippen LogP contribution in [-0.2, 0) is 9.53 Å². The molecular weight excluding hydrogens is 275 g/mol. The summed E-state index contributed by atoms with van der Waals surface area (Å²) < 4.78 is 19.0. The second-order valence-corrected chi connectivity index (χ2v) is 5.19. The van der Waals surface area contributed by atoms with E-state index in [4.69, 9.17) is 4.74 Å². The Hall–Kier alpha value is -1.81. The summed E-state index contributed by atoms with van der Waals surface area (Å²) in [7, 11) is 1.33. The minimum Gasteiger partial charge on any atom is -0.468 e. The lowest BCUT2D eigenvalue weighted by molar-refractivity contribution is -0.140. The molecule has 2 aromatic carbocycles. The molecule has 0 bridgehead atoms. The molecule has 2 aromatic rings. The van der Waals surface area contributed by atoms with Gasteiger partial charge >= 0.3 is 5.97 Å². The highest BCUT2D eigenvalue weighted by molar-refractivity contribution is 7.99. The number of rotatable bonds is 4. The lowest BCUT2D eigenvalue weighted by atomic mass is 10.0. The molecule has 0 radical (unpaired) electrons. The maximum atomic E-state index is 14.2. The monoisotopic (exact) mass is 290 g/mol. The number of thioether (sulfide) groups is 1. The van der Waals surface area contributed by atoms with Crippen molar-refractivity contribution in [1.29, 1.82) is 0 Å². The van der Waals surface area contributed by atoms with Crippen molar-refractivity contribution < 1.29 is 13.9 Å². The third-order valence-electron chi connectivity index (χ3n) is 3.03. The molecule has 0 fully saturated rings. The van der Waals surface area contributed by atoms with Gasteiger partial charge in [-0.2, -0.15) is 0 Å². The predicted molar refractivity (Wildman–Crippen MR) is 80.1 cm³/mol. The van der Waals surface area contributed by atoms with Crippen LogP contribution in [0.1, 0.15) is 10.8 Å². The lowest BCUT2D eigenvalue weighted by Crippen LogP contribution is -2.11. The molecule has 0 aliphatic carbocycles. The standard InChI is InChI=1S/C16H15FO2S/c1-19-16(18)15(20-2)12-8-9-13(14(17)10-12)11-6-4-3-5-7-11/h3-10,15H,1-2H3. The van der Waals surface area contributed by atoms with E-state index < -0.39 is 5.25 Å². The zero-order valence-corrected chi connectivity index (χ0v) is 12.1. The molecule has 0 saturated carbocycles. The van der Waals surface area contributed by atoms with E-state index in [1.807, 2.05) is 30.3 Å². The first kappa shape index (κ1) is 14.6. The Bertz CT molecular complexity index is 599. The summed E-state index contributed by atoms with van der Waals surface area (Å²) in [6, 6.07) is 14.2. The lowest BCUT2D eigenvalue weighted by Gasteiger charge is -2.13. The van der Waals surface area contributed by atoms with Crippen molar-refractivity contribution in [3.05, 3.63) is 59.9 Å². The average molecular weight is 290 g/mol. The van der Waals surface area contributed by atoms with E-state index in [0.29, 0.717) is 11.1 Å². The summed E-state index contributed by atoms with van der Waals surface area (Å²) in [5.74, 6) is -0.707. The first-order chi connectivity index (χ1) is 9.67. The molecule has 1 atom stereocenters. The zero-order valence-electron chi connectivity index (χ0n) is 11.3. The van der Waals surface area contributed by atoms with Crippen molar-refractivity contribution in [3.8, 4) is 11.1 Å². The molecule has 104 valence electrons. The van der Waals surface area contributed by atoms with Crippen LogP contribution in [0, 0.1) is 5.82 Å². The fourth-order valence-electron chi connectivity index (χ4n) is 2.02. The van der Waals surface area contributed by atoms with Crippen LogP contribution in [0.3, 0.4) is 0 Å². The summed E-state index contributed by atoms with van der Waals surface area (Å²) >= 11 is 1.32. The van der Waals surface area contributed by atoms with Gasteiger partial charge in [-0.3, -0.25) is 4.79 Å². The largest absolute Gasteiger partial charge is 0.468 e. The zero-order chi connectivity index (χ0) is 14.5. The number of halogens is 1. The molecule has 0 aliphatic heterocycles. The van der Waals surface area contributed by atoms with E-state index in [0.717, 1.165) is 5.56 Å². The molecule has 0 saturated heterocycles. The summed E-state index contributed by atoms with van der Waals surface area (Å²) in [6.45, 7) is 0. The van der Waals surface area contributed by atoms with Gasteiger partial charge in [0.05, 0.1) is 7.11 Å². The fraction of sp³-hybridized carbons (Fsp3) is 0.188. The molecule has 2 rings (SSSR count). The molecule has 0 aliphatic rings. The Kier molecular flexibility index (Phi) is 4.79. The van der Waals surface area contributed by atoms with Gasteiger partial charge in [0.25, 0.3) is 0 Å². The van der Waals surface area contributed by atoms with Gasteiger partial charge in [0, 0.05) is 5.56 Å². The highest BCUT2D eigenvalue weighted by Gasteiger charge is 2.21. The molecule has 0 aromatic heterocycles. The van der Waals surface area contributed by atoms with Crippen LogP contribution >= 0.6 is 11.8 Å². The Morgan fingerprint density at radius 2 is 1.90 bits per heavy atom. The normalized spacial score (nSPS) is 11.9. The van der Waals surface area contributed by atoms with Crippen molar-refractivity contribution >= 4 is 17.7 Å². The van der Waals surface area contributed by atoms with Crippen molar-refractivity contribution in [1.82, 2.24) is 0 Å². The van der Waals surface area contributed by atoms with Gasteiger partial charge in [-0.05, 0) is 23.4 Å². The molecule has 2 nitrogen and oxygen atoms in total. The summed E-state index contributed by atoms with van der Waals surface area (Å²) in [6.07, 6.45) is 1.80. The quantitative estimate of drug-likeness (QED) is 0.794. The van der Waals surface area contributed by atoms with Gasteiger partial charge in [-0.1, -0.05) is 42.5 Å². The molecule has 0 amide bonds. The number of ether oxygens (including phenoxy) is 1. The average Bonchev–Trinajstić information content (AvgIpc) is 2.49. The molecule has 4 heteroatoms. The van der Waals surface area contributed by atoms with E-state index in [9.17, 15) is 9.18 Å². The van der Waals surface area contributed by atoms with Crippen LogP contribution in [0.25, 0.3) is 11.1 Å². The van der Waals surface area contributed by atoms with Gasteiger partial charge in [0.2, 0.25) is 0 Å². The first-order valence-corrected chi connectivity index (χ1v) is 7.41. The second kappa shape index (κ2) is 6.57. The van der Waals surface area contributed by atoms with Crippen molar-refractivity contribution in [3.63, 3.8) is 0 Å². The summed E-state index contributed by atoms with van der Waals surface area (Å²) in [5, 5.41) is -0.501. The van der Waals surface area contributed by atoms with E-state index in [2.05, 4.69) is 0 Å². The van der Waals surface area contributed by atoms with Crippen LogP contribution in [0.2, 0.25) is 0 Å². The second-order valence-electron chi connectivity index (χ2n) is 4.24. The SMILES string of the molecule is COC(=O)C(SC)c1ccc(-c2ccccc2)c(F)c1. The van der Waals surface area contributed by atoms with Crippen molar-refractivity contribution in [2.45, 2.75) is 5.25 Å². The van der Waals surface area contributed by atoms with E-state index in [1.54, 1.807) is 18.4 Å². The van der Waals surface area contributed by atoms with Gasteiger partial charge in [-0.15, -0.1) is 11.8 Å². The number of carbonyl (C=O) groups is 1. The van der Waals surface area contributed by atoms with Crippen LogP contribution < -0.4 is 0 Å². The molecule has 0 spiro atoms. The van der Waals surface area contributed by atoms with Crippen LogP contribution in [-0.4, -0.2) is 19.3 Å². The van der Waals surface area contributed by atoms with Gasteiger partial charge < -0.3 is 4.74 Å². The topological polar surface area (TPSA) is 26.3 Å². The smallest absolute Gasteiger partial charge is 0.323 e. The number of methoxy groups -OCH3 is 1. The molecule has 0 heterocycles. The minimum absolute atomic E-state index is 0.336. The highest BCUT2D eigenvalue weighted by atomic mass is 32.2. The number of hydrogen-bond acceptors (Lipinski definition) is 3. The van der Waals surface area contributed by atoms with Crippen molar-refractivity contribution in [2.24, 2.45) is 0 Å². The predicted octanol–water partition coefficient (Wildman–Crippen LogP) is 4.07. The van der Waals surface area contributed by atoms with Crippen molar-refractivity contribution in [2.75, 3.05) is 13.4 Å². The third-order valence-corrected chi connectivity index (χ3v) is 3.97. The van der Waals surface area contributed by atoms with E-state index in [-0.39, 0.29) is 11.8 Å². The maximum absolute atomic E-state index is 14.2. The van der Waals surface area contributed by atoms with Crippen LogP contribution in [0.5, 0.6) is 0 Å². The van der Waals surface area contributed by atoms with Gasteiger partial charge in [-0.25, -0.2) is 4.39 Å². The number of benzene rings is 2. The first-order valence-electron chi connectivity index (χ1n) is 6.13. The van der Waals surface area contributed by atoms with Gasteiger partial charge in [0.1, 0.15) is 11.1 Å². The molecule has 1 unspecified atom stereocenters. The third kappa shape index (κ3) is 3.02. The Morgan fingerprint density at radius 1 is 1.20 bits per heavy atom. The minimum atomic E-state index is -0.501. The van der Waals surface area contributed by atoms with E-state index >= 15 is 0 Å². The highest BCUT2D eigenvalue weighted by Crippen LogP contribution is 2.31. The fourth-order valence-corrected chi connectivity index (χ4v) is 2.73. The van der Waals surface area contributed by atoms with Crippen LogP contribution in [0.15, 0.2) is 48.5 Å². The number of hydrogen-bond donors (Lipinski definition) is 0. The van der Waals surface area contributed by atoms with Crippen LogP contribution in [0.4, 0.5) is 4.39 Å². The molecule has 0 N–H and O–H groups in total. The van der Waals surface area contributed by atoms with E-state index in [1.165, 1.54) is 24.9 Å². The Labute approximate surface area is 122 Å². The maximum Gasteiger partial charge on any atom is 0.323 e. The Balaban J connectivity index is 2.37. The number of esters is 1.